The highest BCUT2D eigenvalue weighted by atomic mass is 19.1. The van der Waals surface area contributed by atoms with Crippen molar-refractivity contribution < 1.29 is 14.0 Å². The number of benzene rings is 2. The first-order valence-corrected chi connectivity index (χ1v) is 11.4. The largest absolute Gasteiger partial charge is 0.341 e. The van der Waals surface area contributed by atoms with E-state index >= 15 is 0 Å². The van der Waals surface area contributed by atoms with Crippen molar-refractivity contribution in [3.8, 4) is 11.1 Å². The lowest BCUT2D eigenvalue weighted by atomic mass is 9.95. The van der Waals surface area contributed by atoms with E-state index in [0.29, 0.717) is 44.0 Å². The number of hydrogen-bond acceptors (Lipinski definition) is 3. The van der Waals surface area contributed by atoms with Crippen molar-refractivity contribution in [1.82, 2.24) is 19.4 Å². The van der Waals surface area contributed by atoms with Gasteiger partial charge in [-0.1, -0.05) is 49.4 Å². The summed E-state index contributed by atoms with van der Waals surface area (Å²) in [4.78, 5) is 34.2. The third kappa shape index (κ3) is 4.97. The smallest absolute Gasteiger partial charge is 0.289 e. The third-order valence-corrected chi connectivity index (χ3v) is 6.16. The zero-order valence-electron chi connectivity index (χ0n) is 19.1. The Morgan fingerprint density at radius 3 is 2.55 bits per heavy atom. The first kappa shape index (κ1) is 22.7. The van der Waals surface area contributed by atoms with Crippen molar-refractivity contribution in [1.29, 1.82) is 0 Å². The Balaban J connectivity index is 1.55. The van der Waals surface area contributed by atoms with Crippen molar-refractivity contribution in [3.63, 3.8) is 0 Å². The molecule has 33 heavy (non-hydrogen) atoms. The Morgan fingerprint density at radius 2 is 1.88 bits per heavy atom. The van der Waals surface area contributed by atoms with Crippen LogP contribution in [0.15, 0.2) is 60.9 Å². The van der Waals surface area contributed by atoms with Gasteiger partial charge in [0.1, 0.15) is 5.82 Å². The molecule has 6 nitrogen and oxygen atoms in total. The molecule has 1 aliphatic rings. The van der Waals surface area contributed by atoms with E-state index in [1.54, 1.807) is 41.0 Å². The number of imidazole rings is 1. The van der Waals surface area contributed by atoms with E-state index in [1.165, 1.54) is 6.07 Å². The summed E-state index contributed by atoms with van der Waals surface area (Å²) in [6.07, 6.45) is 4.73. The second-order valence-electron chi connectivity index (χ2n) is 8.52. The van der Waals surface area contributed by atoms with Crippen LogP contribution in [0.25, 0.3) is 11.1 Å². The van der Waals surface area contributed by atoms with Gasteiger partial charge in [-0.2, -0.15) is 0 Å². The summed E-state index contributed by atoms with van der Waals surface area (Å²) >= 11 is 0. The van der Waals surface area contributed by atoms with Gasteiger partial charge in [-0.15, -0.1) is 0 Å². The molecule has 0 spiro atoms. The molecule has 2 amide bonds. The quantitative estimate of drug-likeness (QED) is 0.577. The van der Waals surface area contributed by atoms with Crippen LogP contribution in [0.4, 0.5) is 4.39 Å². The van der Waals surface area contributed by atoms with Gasteiger partial charge in [-0.3, -0.25) is 9.59 Å². The summed E-state index contributed by atoms with van der Waals surface area (Å²) in [6, 6.07) is 14.3. The van der Waals surface area contributed by atoms with Gasteiger partial charge in [-0.05, 0) is 30.0 Å². The van der Waals surface area contributed by atoms with E-state index in [9.17, 15) is 14.0 Å². The van der Waals surface area contributed by atoms with E-state index < -0.39 is 0 Å². The standard InChI is InChI=1S/C26H29FN4O2/c1-3-13-30-15-16-31(26(33)24-28-12-14-29(24)2)18-21(25(30)32)17-19-8-10-20(11-9-19)22-6-4-5-7-23(22)27/h4-12,14,21H,3,13,15-18H2,1-2H3. The fourth-order valence-electron chi connectivity index (χ4n) is 4.39. The van der Waals surface area contributed by atoms with Gasteiger partial charge in [-0.25, -0.2) is 9.37 Å². The van der Waals surface area contributed by atoms with Crippen molar-refractivity contribution in [2.24, 2.45) is 13.0 Å². The molecular formula is C26H29FN4O2. The third-order valence-electron chi connectivity index (χ3n) is 6.16. The molecule has 3 aromatic rings. The monoisotopic (exact) mass is 448 g/mol. The lowest BCUT2D eigenvalue weighted by molar-refractivity contribution is -0.134. The first-order chi connectivity index (χ1) is 16.0. The highest BCUT2D eigenvalue weighted by molar-refractivity contribution is 5.91. The van der Waals surface area contributed by atoms with Gasteiger partial charge in [0, 0.05) is 51.2 Å². The summed E-state index contributed by atoms with van der Waals surface area (Å²) in [5.41, 5.74) is 2.33. The molecule has 1 aromatic heterocycles. The van der Waals surface area contributed by atoms with E-state index in [1.807, 2.05) is 42.2 Å². The van der Waals surface area contributed by atoms with Crippen molar-refractivity contribution in [2.75, 3.05) is 26.2 Å². The SMILES string of the molecule is CCCN1CCN(C(=O)c2nccn2C)CC(Cc2ccc(-c3ccccc3F)cc2)C1=O. The number of nitrogens with zero attached hydrogens (tertiary/aromatic N) is 4. The Morgan fingerprint density at radius 1 is 1.12 bits per heavy atom. The lowest BCUT2D eigenvalue weighted by Crippen LogP contribution is -2.38. The van der Waals surface area contributed by atoms with Crippen LogP contribution < -0.4 is 0 Å². The summed E-state index contributed by atoms with van der Waals surface area (Å²) in [6.45, 7) is 4.07. The van der Waals surface area contributed by atoms with Crippen LogP contribution >= 0.6 is 0 Å². The number of amides is 2. The van der Waals surface area contributed by atoms with Crippen molar-refractivity contribution >= 4 is 11.8 Å². The maximum Gasteiger partial charge on any atom is 0.289 e. The summed E-state index contributed by atoms with van der Waals surface area (Å²) in [5, 5.41) is 0. The molecule has 1 saturated heterocycles. The van der Waals surface area contributed by atoms with Gasteiger partial charge in [0.25, 0.3) is 5.91 Å². The van der Waals surface area contributed by atoms with Crippen molar-refractivity contribution in [3.05, 3.63) is 78.1 Å². The summed E-state index contributed by atoms with van der Waals surface area (Å²) < 4.78 is 15.8. The average Bonchev–Trinajstić information content (AvgIpc) is 3.19. The predicted octanol–water partition coefficient (Wildman–Crippen LogP) is 3.78. The second kappa shape index (κ2) is 9.98. The molecule has 0 aliphatic carbocycles. The molecule has 172 valence electrons. The number of carbonyl (C=O) groups is 2. The maximum atomic E-state index is 14.1. The summed E-state index contributed by atoms with van der Waals surface area (Å²) in [7, 11) is 1.79. The zero-order chi connectivity index (χ0) is 23.4. The lowest BCUT2D eigenvalue weighted by Gasteiger charge is -2.24. The van der Waals surface area contributed by atoms with E-state index in [-0.39, 0.29) is 23.5 Å². The van der Waals surface area contributed by atoms with Crippen LogP contribution in [0.2, 0.25) is 0 Å². The zero-order valence-corrected chi connectivity index (χ0v) is 19.1. The average molecular weight is 449 g/mol. The number of rotatable bonds is 6. The maximum absolute atomic E-state index is 14.1. The minimum atomic E-state index is -0.345. The molecule has 2 heterocycles. The van der Waals surface area contributed by atoms with E-state index in [0.717, 1.165) is 17.5 Å². The topological polar surface area (TPSA) is 58.4 Å². The molecule has 1 aliphatic heterocycles. The second-order valence-corrected chi connectivity index (χ2v) is 8.52. The molecule has 0 N–H and O–H groups in total. The Labute approximate surface area is 193 Å². The molecule has 7 heteroatoms. The van der Waals surface area contributed by atoms with Gasteiger partial charge in [0.2, 0.25) is 5.91 Å². The van der Waals surface area contributed by atoms with Gasteiger partial charge < -0.3 is 14.4 Å². The molecule has 1 fully saturated rings. The molecule has 2 aromatic carbocycles. The molecular weight excluding hydrogens is 419 g/mol. The number of aryl methyl sites for hydroxylation is 1. The Hall–Kier alpha value is -3.48. The van der Waals surface area contributed by atoms with Crippen molar-refractivity contribution in [2.45, 2.75) is 19.8 Å². The molecule has 1 atom stereocenters. The van der Waals surface area contributed by atoms with Gasteiger partial charge in [0.05, 0.1) is 5.92 Å². The molecule has 0 radical (unpaired) electrons. The molecule has 1 unspecified atom stereocenters. The Kier molecular flexibility index (Phi) is 6.87. The summed E-state index contributed by atoms with van der Waals surface area (Å²) in [5.74, 6) is -0.316. The normalized spacial score (nSPS) is 16.7. The predicted molar refractivity (Wildman–Crippen MR) is 125 cm³/mol. The number of aromatic nitrogens is 2. The van der Waals surface area contributed by atoms with Crippen LogP contribution in [0.3, 0.4) is 0 Å². The van der Waals surface area contributed by atoms with Crippen LogP contribution in [0, 0.1) is 11.7 Å². The number of hydrogen-bond donors (Lipinski definition) is 0. The fraction of sp³-hybridized carbons (Fsp3) is 0.346. The van der Waals surface area contributed by atoms with E-state index in [2.05, 4.69) is 4.98 Å². The minimum Gasteiger partial charge on any atom is -0.341 e. The number of halogens is 1. The molecule has 0 bridgehead atoms. The number of carbonyl (C=O) groups excluding carboxylic acids is 2. The highest BCUT2D eigenvalue weighted by Gasteiger charge is 2.33. The van der Waals surface area contributed by atoms with E-state index in [4.69, 9.17) is 0 Å². The fourth-order valence-corrected chi connectivity index (χ4v) is 4.39. The van der Waals surface area contributed by atoms with Gasteiger partial charge in [0.15, 0.2) is 5.82 Å². The van der Waals surface area contributed by atoms with Crippen LogP contribution in [-0.2, 0) is 18.3 Å². The van der Waals surface area contributed by atoms with Gasteiger partial charge >= 0.3 is 0 Å². The first-order valence-electron chi connectivity index (χ1n) is 11.4. The highest BCUT2D eigenvalue weighted by Crippen LogP contribution is 2.25. The van der Waals surface area contributed by atoms with Crippen LogP contribution in [0.1, 0.15) is 29.5 Å². The minimum absolute atomic E-state index is 0.0742. The molecule has 4 rings (SSSR count). The molecule has 0 saturated carbocycles. The van der Waals surface area contributed by atoms with Crippen LogP contribution in [0.5, 0.6) is 0 Å². The Bertz CT molecular complexity index is 1130. The van der Waals surface area contributed by atoms with Crippen LogP contribution in [-0.4, -0.2) is 57.3 Å².